The van der Waals surface area contributed by atoms with Gasteiger partial charge in [-0.2, -0.15) is 5.26 Å². The van der Waals surface area contributed by atoms with E-state index in [1.807, 2.05) is 26.8 Å². The second kappa shape index (κ2) is 4.13. The van der Waals surface area contributed by atoms with Crippen LogP contribution < -0.4 is 0 Å². The number of nitriles is 1. The largest absolute Gasteiger partial charge is 0.465 e. The van der Waals surface area contributed by atoms with Gasteiger partial charge in [0.2, 0.25) is 0 Å². The molecule has 0 bridgehead atoms. The van der Waals surface area contributed by atoms with Crippen LogP contribution in [0.15, 0.2) is 0 Å². The van der Waals surface area contributed by atoms with E-state index in [-0.39, 0.29) is 12.5 Å². The van der Waals surface area contributed by atoms with Gasteiger partial charge in [0.05, 0.1) is 12.5 Å². The first-order valence-electron chi connectivity index (χ1n) is 4.20. The topological polar surface area (TPSA) is 64.3 Å². The summed E-state index contributed by atoms with van der Waals surface area (Å²) >= 11 is 0. The Balaban J connectivity index is 4.64. The normalized spacial score (nSPS) is 13.2. The Labute approximate surface area is 78.8 Å². The lowest BCUT2D eigenvalue weighted by Gasteiger charge is -2.37. The zero-order valence-electron chi connectivity index (χ0n) is 8.53. The van der Waals surface area contributed by atoms with E-state index in [2.05, 4.69) is 0 Å². The molecule has 0 aromatic carbocycles. The standard InChI is InChI=1S/C9H16N2O2/c1-7(5-6-10)11(8(12)13)9(2,3)4/h7H,5H2,1-4H3,(H,12,13). The summed E-state index contributed by atoms with van der Waals surface area (Å²) in [4.78, 5) is 12.2. The van der Waals surface area contributed by atoms with Crippen molar-refractivity contribution < 1.29 is 9.90 Å². The summed E-state index contributed by atoms with van der Waals surface area (Å²) in [6.45, 7) is 7.18. The van der Waals surface area contributed by atoms with E-state index in [1.165, 1.54) is 4.90 Å². The molecular formula is C9H16N2O2. The lowest BCUT2D eigenvalue weighted by Crippen LogP contribution is -2.49. The van der Waals surface area contributed by atoms with Crippen molar-refractivity contribution in [2.24, 2.45) is 0 Å². The molecule has 0 aliphatic rings. The van der Waals surface area contributed by atoms with Gasteiger partial charge in [-0.3, -0.25) is 4.90 Å². The van der Waals surface area contributed by atoms with Gasteiger partial charge in [0, 0.05) is 11.6 Å². The molecule has 1 amide bonds. The monoisotopic (exact) mass is 184 g/mol. The molecule has 13 heavy (non-hydrogen) atoms. The van der Waals surface area contributed by atoms with E-state index in [9.17, 15) is 4.79 Å². The van der Waals surface area contributed by atoms with Crippen LogP contribution in [0.25, 0.3) is 0 Å². The summed E-state index contributed by atoms with van der Waals surface area (Å²) in [5, 5.41) is 17.4. The summed E-state index contributed by atoms with van der Waals surface area (Å²) in [6, 6.07) is 1.71. The van der Waals surface area contributed by atoms with Crippen LogP contribution in [0.3, 0.4) is 0 Å². The minimum absolute atomic E-state index is 0.226. The summed E-state index contributed by atoms with van der Waals surface area (Å²) in [7, 11) is 0. The van der Waals surface area contributed by atoms with Crippen LogP contribution in [0.1, 0.15) is 34.1 Å². The second-order valence-corrected chi connectivity index (χ2v) is 4.03. The molecule has 0 aromatic rings. The highest BCUT2D eigenvalue weighted by Gasteiger charge is 2.30. The SMILES string of the molecule is CC(CC#N)N(C(=O)O)C(C)(C)C. The van der Waals surface area contributed by atoms with Crippen molar-refractivity contribution in [2.75, 3.05) is 0 Å². The molecule has 0 rings (SSSR count). The molecule has 74 valence electrons. The Bertz CT molecular complexity index is 225. The lowest BCUT2D eigenvalue weighted by atomic mass is 10.0. The Morgan fingerprint density at radius 1 is 1.62 bits per heavy atom. The number of hydrogen-bond donors (Lipinski definition) is 1. The van der Waals surface area contributed by atoms with Gasteiger partial charge in [0.1, 0.15) is 0 Å². The molecule has 1 unspecified atom stereocenters. The highest BCUT2D eigenvalue weighted by atomic mass is 16.4. The van der Waals surface area contributed by atoms with Gasteiger partial charge in [-0.15, -0.1) is 0 Å². The number of hydrogen-bond acceptors (Lipinski definition) is 2. The predicted octanol–water partition coefficient (Wildman–Crippen LogP) is 2.07. The highest BCUT2D eigenvalue weighted by molar-refractivity contribution is 5.66. The third-order valence-corrected chi connectivity index (χ3v) is 1.76. The molecule has 1 N–H and O–H groups in total. The quantitative estimate of drug-likeness (QED) is 0.714. The van der Waals surface area contributed by atoms with Crippen LogP contribution in [0, 0.1) is 11.3 Å². The summed E-state index contributed by atoms with van der Waals surface area (Å²) < 4.78 is 0. The van der Waals surface area contributed by atoms with Crippen LogP contribution >= 0.6 is 0 Å². The van der Waals surface area contributed by atoms with Gasteiger partial charge in [-0.1, -0.05) is 0 Å². The summed E-state index contributed by atoms with van der Waals surface area (Å²) in [5.41, 5.74) is -0.456. The number of carbonyl (C=O) groups is 1. The van der Waals surface area contributed by atoms with Gasteiger partial charge in [-0.05, 0) is 27.7 Å². The third kappa shape index (κ3) is 3.32. The van der Waals surface area contributed by atoms with Gasteiger partial charge in [-0.25, -0.2) is 4.79 Å². The number of amides is 1. The lowest BCUT2D eigenvalue weighted by molar-refractivity contribution is 0.0768. The Hall–Kier alpha value is -1.24. The molecule has 0 saturated carbocycles. The minimum atomic E-state index is -0.977. The number of nitrogens with zero attached hydrogens (tertiary/aromatic N) is 2. The molecule has 4 nitrogen and oxygen atoms in total. The Kier molecular flexibility index (Phi) is 3.73. The molecule has 0 heterocycles. The van der Waals surface area contributed by atoms with Gasteiger partial charge in [0.15, 0.2) is 0 Å². The smallest absolute Gasteiger partial charge is 0.408 e. The van der Waals surface area contributed by atoms with E-state index in [1.54, 1.807) is 6.92 Å². The van der Waals surface area contributed by atoms with Crippen molar-refractivity contribution in [1.29, 1.82) is 5.26 Å². The third-order valence-electron chi connectivity index (χ3n) is 1.76. The zero-order chi connectivity index (χ0) is 10.6. The molecule has 0 aliphatic carbocycles. The van der Waals surface area contributed by atoms with Crippen LogP contribution in [0.5, 0.6) is 0 Å². The molecule has 0 radical (unpaired) electrons. The van der Waals surface area contributed by atoms with Crippen LogP contribution in [0.4, 0.5) is 4.79 Å². The average Bonchev–Trinajstić information content (AvgIpc) is 1.82. The van der Waals surface area contributed by atoms with Gasteiger partial charge in [0.25, 0.3) is 0 Å². The molecule has 1 atom stereocenters. The molecule has 0 aromatic heterocycles. The Morgan fingerprint density at radius 2 is 2.08 bits per heavy atom. The maximum Gasteiger partial charge on any atom is 0.408 e. The highest BCUT2D eigenvalue weighted by Crippen LogP contribution is 2.18. The predicted molar refractivity (Wildman–Crippen MR) is 49.3 cm³/mol. The second-order valence-electron chi connectivity index (χ2n) is 4.03. The first-order chi connectivity index (χ1) is 5.80. The van der Waals surface area contributed by atoms with Crippen molar-refractivity contribution in [3.8, 4) is 6.07 Å². The van der Waals surface area contributed by atoms with E-state index < -0.39 is 11.6 Å². The van der Waals surface area contributed by atoms with E-state index in [0.29, 0.717) is 0 Å². The number of carboxylic acid groups (broad SMARTS) is 1. The summed E-state index contributed by atoms with van der Waals surface area (Å²) in [5.74, 6) is 0. The van der Waals surface area contributed by atoms with Gasteiger partial charge >= 0.3 is 6.09 Å². The molecule has 0 saturated heterocycles. The Morgan fingerprint density at radius 3 is 2.31 bits per heavy atom. The fraction of sp³-hybridized carbons (Fsp3) is 0.778. The van der Waals surface area contributed by atoms with Gasteiger partial charge < -0.3 is 5.11 Å². The molecule has 0 fully saturated rings. The fourth-order valence-corrected chi connectivity index (χ4v) is 1.36. The first kappa shape index (κ1) is 11.8. The molecule has 0 spiro atoms. The zero-order valence-corrected chi connectivity index (χ0v) is 8.53. The maximum absolute atomic E-state index is 10.9. The average molecular weight is 184 g/mol. The van der Waals surface area contributed by atoms with Crippen LogP contribution in [-0.4, -0.2) is 27.7 Å². The van der Waals surface area contributed by atoms with Crippen molar-refractivity contribution in [3.05, 3.63) is 0 Å². The van der Waals surface area contributed by atoms with Crippen molar-refractivity contribution in [1.82, 2.24) is 4.90 Å². The number of rotatable bonds is 2. The summed E-state index contributed by atoms with van der Waals surface area (Å²) in [6.07, 6.45) is -0.751. The minimum Gasteiger partial charge on any atom is -0.465 e. The van der Waals surface area contributed by atoms with Crippen molar-refractivity contribution in [2.45, 2.75) is 45.7 Å². The fourth-order valence-electron chi connectivity index (χ4n) is 1.36. The van der Waals surface area contributed by atoms with Crippen LogP contribution in [0.2, 0.25) is 0 Å². The van der Waals surface area contributed by atoms with E-state index in [4.69, 9.17) is 10.4 Å². The maximum atomic E-state index is 10.9. The van der Waals surface area contributed by atoms with E-state index >= 15 is 0 Å². The molecule has 4 heteroatoms. The first-order valence-corrected chi connectivity index (χ1v) is 4.20. The van der Waals surface area contributed by atoms with Crippen molar-refractivity contribution in [3.63, 3.8) is 0 Å². The van der Waals surface area contributed by atoms with E-state index in [0.717, 1.165) is 0 Å². The molecular weight excluding hydrogens is 168 g/mol. The van der Waals surface area contributed by atoms with Crippen molar-refractivity contribution >= 4 is 6.09 Å². The molecule has 0 aliphatic heterocycles. The van der Waals surface area contributed by atoms with Crippen LogP contribution in [-0.2, 0) is 0 Å².